The molecule has 0 amide bonds. The van der Waals surface area contributed by atoms with Gasteiger partial charge in [-0.2, -0.15) is 4.98 Å². The molecule has 10 nitrogen and oxygen atoms in total. The van der Waals surface area contributed by atoms with Gasteiger partial charge in [-0.05, 0) is 62.2 Å². The summed E-state index contributed by atoms with van der Waals surface area (Å²) in [6.07, 6.45) is 1.24. The van der Waals surface area contributed by atoms with Crippen molar-refractivity contribution in [3.05, 3.63) is 74.4 Å². The molecule has 0 fully saturated rings. The highest BCUT2D eigenvalue weighted by molar-refractivity contribution is 5.96. The van der Waals surface area contributed by atoms with E-state index in [1.54, 1.807) is 35.9 Å². The smallest absolute Gasteiger partial charge is 0.332 e. The predicted octanol–water partition coefficient (Wildman–Crippen LogP) is 4.05. The first-order valence-electron chi connectivity index (χ1n) is 12.6. The van der Waals surface area contributed by atoms with Gasteiger partial charge in [-0.25, -0.2) is 4.79 Å². The minimum atomic E-state index is -0.489. The summed E-state index contributed by atoms with van der Waals surface area (Å²) in [4.78, 5) is 42.6. The summed E-state index contributed by atoms with van der Waals surface area (Å²) in [6, 6.07) is 12.5. The fraction of sp³-hybridized carbons (Fsp3) is 0.357. The molecule has 4 aromatic rings. The van der Waals surface area contributed by atoms with Crippen molar-refractivity contribution < 1.29 is 19.0 Å². The Hall–Kier alpha value is -4.34. The number of benzene rings is 2. The summed E-state index contributed by atoms with van der Waals surface area (Å²) >= 11 is 0. The fourth-order valence-electron chi connectivity index (χ4n) is 4.21. The van der Waals surface area contributed by atoms with E-state index in [1.165, 1.54) is 11.6 Å². The SMILES string of the molecule is CCCC(=O)c1ccc(Oc2nc3c(c(=O)n(C)c(=O)n3C)n2Cc2ccc(OCC)c(OCC)c2)cc1. The van der Waals surface area contributed by atoms with Crippen LogP contribution >= 0.6 is 0 Å². The van der Waals surface area contributed by atoms with Crippen LogP contribution in [0, 0.1) is 0 Å². The van der Waals surface area contributed by atoms with Gasteiger partial charge in [-0.15, -0.1) is 0 Å². The lowest BCUT2D eigenvalue weighted by molar-refractivity contribution is 0.0981. The van der Waals surface area contributed by atoms with E-state index < -0.39 is 11.2 Å². The Kier molecular flexibility index (Phi) is 7.99. The molecule has 10 heteroatoms. The number of hydrogen-bond acceptors (Lipinski definition) is 7. The van der Waals surface area contributed by atoms with Crippen molar-refractivity contribution in [1.82, 2.24) is 18.7 Å². The molecule has 0 aliphatic rings. The van der Waals surface area contributed by atoms with Crippen LogP contribution < -0.4 is 25.5 Å². The number of aromatic nitrogens is 4. The summed E-state index contributed by atoms with van der Waals surface area (Å²) < 4.78 is 21.6. The molecule has 0 radical (unpaired) electrons. The summed E-state index contributed by atoms with van der Waals surface area (Å²) in [5.41, 5.74) is 0.878. The van der Waals surface area contributed by atoms with Crippen LogP contribution in [0.1, 0.15) is 49.5 Å². The molecule has 0 bridgehead atoms. The zero-order valence-corrected chi connectivity index (χ0v) is 22.3. The Morgan fingerprint density at radius 3 is 2.24 bits per heavy atom. The highest BCUT2D eigenvalue weighted by Gasteiger charge is 2.21. The van der Waals surface area contributed by atoms with Gasteiger partial charge < -0.3 is 14.2 Å². The Bertz CT molecular complexity index is 1580. The molecule has 0 atom stereocenters. The molecule has 0 spiro atoms. The third kappa shape index (κ3) is 5.20. The first-order chi connectivity index (χ1) is 18.3. The van der Waals surface area contributed by atoms with E-state index in [9.17, 15) is 14.4 Å². The average Bonchev–Trinajstić information content (AvgIpc) is 3.26. The number of nitrogens with zero attached hydrogens (tertiary/aromatic N) is 4. The minimum absolute atomic E-state index is 0.0605. The zero-order chi connectivity index (χ0) is 27.4. The van der Waals surface area contributed by atoms with Gasteiger partial charge in [0.2, 0.25) is 0 Å². The second-order valence-electron chi connectivity index (χ2n) is 8.81. The van der Waals surface area contributed by atoms with E-state index in [-0.39, 0.29) is 29.5 Å². The fourth-order valence-corrected chi connectivity index (χ4v) is 4.21. The normalized spacial score (nSPS) is 11.1. The molecule has 0 saturated heterocycles. The second kappa shape index (κ2) is 11.4. The van der Waals surface area contributed by atoms with E-state index in [0.29, 0.717) is 42.4 Å². The number of carbonyl (C=O) groups is 1. The van der Waals surface area contributed by atoms with E-state index in [0.717, 1.165) is 16.6 Å². The first-order valence-corrected chi connectivity index (χ1v) is 12.6. The van der Waals surface area contributed by atoms with Crippen molar-refractivity contribution in [2.45, 2.75) is 40.2 Å². The van der Waals surface area contributed by atoms with Crippen molar-refractivity contribution >= 4 is 16.9 Å². The maximum Gasteiger partial charge on any atom is 0.332 e. The van der Waals surface area contributed by atoms with Gasteiger partial charge in [0.15, 0.2) is 28.4 Å². The van der Waals surface area contributed by atoms with Crippen LogP contribution in [-0.2, 0) is 20.6 Å². The standard InChI is InChI=1S/C28H32N4O6/c1-6-9-21(33)19-11-13-20(14-12-19)38-27-29-25-24(26(34)31(5)28(35)30(25)4)32(27)17-18-10-15-22(36-7-2)23(16-18)37-8-3/h10-16H,6-9,17H2,1-5H3. The lowest BCUT2D eigenvalue weighted by Crippen LogP contribution is -2.37. The molecule has 4 rings (SSSR count). The number of carbonyl (C=O) groups excluding carboxylic acids is 1. The van der Waals surface area contributed by atoms with Gasteiger partial charge >= 0.3 is 11.7 Å². The van der Waals surface area contributed by atoms with Crippen molar-refractivity contribution in [1.29, 1.82) is 0 Å². The number of ether oxygens (including phenoxy) is 3. The molecular weight excluding hydrogens is 488 g/mol. The number of fused-ring (bicyclic) bond motifs is 1. The first kappa shape index (κ1) is 26.7. The third-order valence-electron chi connectivity index (χ3n) is 6.12. The third-order valence-corrected chi connectivity index (χ3v) is 6.12. The summed E-state index contributed by atoms with van der Waals surface area (Å²) in [5, 5.41) is 0. The average molecular weight is 521 g/mol. The lowest BCUT2D eigenvalue weighted by atomic mass is 10.1. The minimum Gasteiger partial charge on any atom is -0.490 e. The topological polar surface area (TPSA) is 107 Å². The molecule has 2 heterocycles. The van der Waals surface area contributed by atoms with Crippen molar-refractivity contribution in [2.24, 2.45) is 14.1 Å². The molecule has 0 N–H and O–H groups in total. The van der Waals surface area contributed by atoms with Gasteiger partial charge in [-0.3, -0.25) is 23.3 Å². The van der Waals surface area contributed by atoms with Crippen LogP contribution in [0.5, 0.6) is 23.3 Å². The van der Waals surface area contributed by atoms with Crippen molar-refractivity contribution in [3.63, 3.8) is 0 Å². The quantitative estimate of drug-likeness (QED) is 0.275. The molecule has 0 aliphatic heterocycles. The molecule has 0 unspecified atom stereocenters. The van der Waals surface area contributed by atoms with Crippen LogP contribution in [0.25, 0.3) is 11.2 Å². The second-order valence-corrected chi connectivity index (χ2v) is 8.81. The van der Waals surface area contributed by atoms with Gasteiger partial charge in [0.25, 0.3) is 5.56 Å². The molecule has 38 heavy (non-hydrogen) atoms. The van der Waals surface area contributed by atoms with Gasteiger partial charge in [-0.1, -0.05) is 13.0 Å². The number of imidazole rings is 1. The van der Waals surface area contributed by atoms with Crippen LogP contribution in [-0.4, -0.2) is 37.7 Å². The Morgan fingerprint density at radius 1 is 0.895 bits per heavy atom. The Morgan fingerprint density at radius 2 is 1.58 bits per heavy atom. The van der Waals surface area contributed by atoms with Crippen molar-refractivity contribution in [3.8, 4) is 23.3 Å². The van der Waals surface area contributed by atoms with Crippen LogP contribution in [0.3, 0.4) is 0 Å². The van der Waals surface area contributed by atoms with E-state index >= 15 is 0 Å². The summed E-state index contributed by atoms with van der Waals surface area (Å²) in [7, 11) is 2.99. The monoisotopic (exact) mass is 520 g/mol. The number of hydrogen-bond donors (Lipinski definition) is 0. The molecular formula is C28H32N4O6. The Balaban J connectivity index is 1.81. The maximum absolute atomic E-state index is 13.2. The summed E-state index contributed by atoms with van der Waals surface area (Å²) in [5.74, 6) is 1.72. The molecule has 2 aromatic carbocycles. The molecule has 0 saturated carbocycles. The molecule has 200 valence electrons. The number of aryl methyl sites for hydroxylation is 1. The van der Waals surface area contributed by atoms with E-state index in [2.05, 4.69) is 4.98 Å². The molecule has 0 aliphatic carbocycles. The number of ketones is 1. The predicted molar refractivity (Wildman–Crippen MR) is 144 cm³/mol. The van der Waals surface area contributed by atoms with Gasteiger partial charge in [0, 0.05) is 26.1 Å². The van der Waals surface area contributed by atoms with E-state index in [4.69, 9.17) is 14.2 Å². The largest absolute Gasteiger partial charge is 0.490 e. The highest BCUT2D eigenvalue weighted by atomic mass is 16.5. The van der Waals surface area contributed by atoms with Crippen LogP contribution in [0.4, 0.5) is 0 Å². The van der Waals surface area contributed by atoms with Crippen LogP contribution in [0.15, 0.2) is 52.1 Å². The highest BCUT2D eigenvalue weighted by Crippen LogP contribution is 2.31. The van der Waals surface area contributed by atoms with Gasteiger partial charge in [0.1, 0.15) is 5.75 Å². The van der Waals surface area contributed by atoms with Crippen LogP contribution in [0.2, 0.25) is 0 Å². The Labute approximate surface area is 220 Å². The lowest BCUT2D eigenvalue weighted by Gasteiger charge is -2.14. The van der Waals surface area contributed by atoms with E-state index in [1.807, 2.05) is 39.0 Å². The van der Waals surface area contributed by atoms with Crippen molar-refractivity contribution in [2.75, 3.05) is 13.2 Å². The summed E-state index contributed by atoms with van der Waals surface area (Å²) in [6.45, 7) is 6.93. The zero-order valence-electron chi connectivity index (χ0n) is 22.3. The number of Topliss-reactive ketones (excluding diaryl/α,β-unsaturated/α-hetero) is 1. The number of rotatable bonds is 11. The molecule has 2 aromatic heterocycles. The maximum atomic E-state index is 13.2. The van der Waals surface area contributed by atoms with Gasteiger partial charge in [0.05, 0.1) is 19.8 Å².